The number of carbonyl (C=O) groups excluding carboxylic acids is 1. The zero-order chi connectivity index (χ0) is 19.0. The summed E-state index contributed by atoms with van der Waals surface area (Å²) in [6.45, 7) is 4.92. The molecule has 0 saturated heterocycles. The van der Waals surface area contributed by atoms with Gasteiger partial charge in [0, 0.05) is 37.3 Å². The molecule has 1 aliphatic heterocycles. The van der Waals surface area contributed by atoms with Crippen LogP contribution < -0.4 is 10.8 Å². The number of hydrogen-bond acceptors (Lipinski definition) is 4. The molecule has 6 heteroatoms. The average Bonchev–Trinajstić information content (AvgIpc) is 3.44. The Morgan fingerprint density at radius 3 is 2.81 bits per heavy atom. The van der Waals surface area contributed by atoms with Gasteiger partial charge in [-0.3, -0.25) is 14.9 Å². The number of benzene rings is 1. The molecule has 3 unspecified atom stereocenters. The molecule has 2 aliphatic carbocycles. The third kappa shape index (κ3) is 4.50. The molecule has 27 heavy (non-hydrogen) atoms. The van der Waals surface area contributed by atoms with Gasteiger partial charge in [-0.1, -0.05) is 6.92 Å². The number of nitrogens with zero attached hydrogens (tertiary/aromatic N) is 1. The molecule has 5 nitrogen and oxygen atoms in total. The number of hydrogen-bond donors (Lipinski definition) is 3. The van der Waals surface area contributed by atoms with Crippen LogP contribution in [0.4, 0.5) is 4.39 Å². The predicted molar refractivity (Wildman–Crippen MR) is 101 cm³/mol. The third-order valence-electron chi connectivity index (χ3n) is 6.33. The lowest BCUT2D eigenvalue weighted by atomic mass is 9.79. The smallest absolute Gasteiger partial charge is 0.274 e. The number of rotatable bonds is 5. The van der Waals surface area contributed by atoms with Gasteiger partial charge >= 0.3 is 0 Å². The van der Waals surface area contributed by atoms with Crippen LogP contribution in [0.2, 0.25) is 0 Å². The number of fused-ring (bicyclic) bond motifs is 1. The van der Waals surface area contributed by atoms with Gasteiger partial charge in [-0.05, 0) is 73.6 Å². The molecular formula is C21H30FN3O2. The Bertz CT molecular complexity index is 705. The van der Waals surface area contributed by atoms with Gasteiger partial charge in [0.05, 0.1) is 0 Å². The maximum absolute atomic E-state index is 14.4. The second kappa shape index (κ2) is 7.86. The van der Waals surface area contributed by atoms with Crippen LogP contribution in [0, 0.1) is 17.7 Å². The van der Waals surface area contributed by atoms with Crippen molar-refractivity contribution < 1.29 is 14.4 Å². The number of carbonyl (C=O) groups is 1. The second-order valence-electron chi connectivity index (χ2n) is 8.84. The fraction of sp³-hybridized carbons (Fsp3) is 0.667. The summed E-state index contributed by atoms with van der Waals surface area (Å²) in [5.41, 5.74) is 3.36. The number of amides is 1. The van der Waals surface area contributed by atoms with Gasteiger partial charge in [-0.25, -0.2) is 9.87 Å². The molecule has 1 aromatic rings. The van der Waals surface area contributed by atoms with Crippen LogP contribution in [-0.4, -0.2) is 41.2 Å². The van der Waals surface area contributed by atoms with E-state index >= 15 is 0 Å². The Balaban J connectivity index is 1.41. The third-order valence-corrected chi connectivity index (χ3v) is 6.33. The van der Waals surface area contributed by atoms with Gasteiger partial charge in [0.15, 0.2) is 0 Å². The van der Waals surface area contributed by atoms with Crippen LogP contribution >= 0.6 is 0 Å². The molecule has 3 atom stereocenters. The first-order valence-electron chi connectivity index (χ1n) is 10.3. The van der Waals surface area contributed by atoms with Crippen molar-refractivity contribution in [3.8, 4) is 0 Å². The van der Waals surface area contributed by atoms with Crippen LogP contribution in [0.3, 0.4) is 0 Å². The maximum atomic E-state index is 14.4. The normalized spacial score (nSPS) is 28.6. The number of nitrogens with one attached hydrogen (secondary N) is 2. The van der Waals surface area contributed by atoms with Crippen LogP contribution in [0.25, 0.3) is 0 Å². The Kier molecular flexibility index (Phi) is 5.48. The molecule has 2 saturated carbocycles. The highest BCUT2D eigenvalue weighted by Crippen LogP contribution is 2.33. The highest BCUT2D eigenvalue weighted by molar-refractivity contribution is 5.93. The van der Waals surface area contributed by atoms with Crippen LogP contribution in [-0.2, 0) is 13.0 Å². The molecule has 4 rings (SSSR count). The summed E-state index contributed by atoms with van der Waals surface area (Å²) in [7, 11) is 0. The van der Waals surface area contributed by atoms with Crippen LogP contribution in [0.5, 0.6) is 0 Å². The van der Waals surface area contributed by atoms with E-state index in [0.29, 0.717) is 30.5 Å². The number of hydroxylamine groups is 1. The first-order valence-corrected chi connectivity index (χ1v) is 10.3. The van der Waals surface area contributed by atoms with E-state index in [1.165, 1.54) is 38.2 Å². The molecule has 1 amide bonds. The average molecular weight is 375 g/mol. The Morgan fingerprint density at radius 1 is 1.26 bits per heavy atom. The molecule has 2 fully saturated rings. The zero-order valence-electron chi connectivity index (χ0n) is 16.0. The van der Waals surface area contributed by atoms with Gasteiger partial charge in [-0.2, -0.15) is 0 Å². The molecule has 1 aromatic carbocycles. The summed E-state index contributed by atoms with van der Waals surface area (Å²) in [6, 6.07) is 4.33. The Morgan fingerprint density at radius 2 is 2.07 bits per heavy atom. The van der Waals surface area contributed by atoms with E-state index < -0.39 is 5.91 Å². The highest BCUT2D eigenvalue weighted by Gasteiger charge is 2.32. The summed E-state index contributed by atoms with van der Waals surface area (Å²) in [5.74, 6) is 0.407. The topological polar surface area (TPSA) is 64.6 Å². The van der Waals surface area contributed by atoms with Crippen molar-refractivity contribution in [1.82, 2.24) is 15.7 Å². The molecule has 0 bridgehead atoms. The first kappa shape index (κ1) is 18.8. The fourth-order valence-corrected chi connectivity index (χ4v) is 5.04. The van der Waals surface area contributed by atoms with Gasteiger partial charge < -0.3 is 5.32 Å². The van der Waals surface area contributed by atoms with E-state index in [9.17, 15) is 9.18 Å². The van der Waals surface area contributed by atoms with E-state index in [1.807, 2.05) is 0 Å². The summed E-state index contributed by atoms with van der Waals surface area (Å²) >= 11 is 0. The van der Waals surface area contributed by atoms with E-state index in [4.69, 9.17) is 5.21 Å². The lowest BCUT2D eigenvalue weighted by molar-refractivity contribution is 0.0705. The second-order valence-corrected chi connectivity index (χ2v) is 8.84. The first-order chi connectivity index (χ1) is 13.0. The van der Waals surface area contributed by atoms with E-state index in [0.717, 1.165) is 30.6 Å². The molecule has 3 N–H and O–H groups in total. The van der Waals surface area contributed by atoms with Crippen LogP contribution in [0.1, 0.15) is 60.5 Å². The van der Waals surface area contributed by atoms with Gasteiger partial charge in [0.2, 0.25) is 0 Å². The van der Waals surface area contributed by atoms with Gasteiger partial charge in [0.25, 0.3) is 5.91 Å². The summed E-state index contributed by atoms with van der Waals surface area (Å²) in [6.07, 6.45) is 7.09. The van der Waals surface area contributed by atoms with Crippen molar-refractivity contribution in [1.29, 1.82) is 0 Å². The molecular weight excluding hydrogens is 345 g/mol. The SMILES string of the molecule is CC1CC(CN2CCc3c(F)cc(C(=O)NO)cc3C2)CC(NC2CC2)C1. The zero-order valence-corrected chi connectivity index (χ0v) is 16.0. The minimum Gasteiger partial charge on any atom is -0.311 e. The van der Waals surface area contributed by atoms with Gasteiger partial charge in [-0.15, -0.1) is 0 Å². The van der Waals surface area contributed by atoms with Crippen molar-refractivity contribution in [2.75, 3.05) is 13.1 Å². The molecule has 1 heterocycles. The monoisotopic (exact) mass is 375 g/mol. The van der Waals surface area contributed by atoms with E-state index in [-0.39, 0.29) is 11.4 Å². The summed E-state index contributed by atoms with van der Waals surface area (Å²) in [5, 5.41) is 12.6. The van der Waals surface area contributed by atoms with Crippen molar-refractivity contribution in [3.63, 3.8) is 0 Å². The van der Waals surface area contributed by atoms with E-state index in [2.05, 4.69) is 17.1 Å². The molecule has 0 spiro atoms. The Labute approximate surface area is 160 Å². The summed E-state index contributed by atoms with van der Waals surface area (Å²) in [4.78, 5) is 14.1. The molecule has 0 aromatic heterocycles. The Hall–Kier alpha value is -1.50. The largest absolute Gasteiger partial charge is 0.311 e. The van der Waals surface area contributed by atoms with Crippen molar-refractivity contribution in [2.45, 2.75) is 64.1 Å². The van der Waals surface area contributed by atoms with Gasteiger partial charge in [0.1, 0.15) is 5.82 Å². The highest BCUT2D eigenvalue weighted by atomic mass is 19.1. The molecule has 0 radical (unpaired) electrons. The molecule has 148 valence electrons. The van der Waals surface area contributed by atoms with E-state index in [1.54, 1.807) is 11.5 Å². The van der Waals surface area contributed by atoms with Crippen molar-refractivity contribution >= 4 is 5.91 Å². The standard InChI is InChI=1S/C21H30FN3O2/c1-13-6-14(8-18(7-13)23-17-2-3-17)11-25-5-4-19-16(12-25)9-15(10-20(19)22)21(26)24-27/h9-10,13-14,17-18,23,27H,2-8,11-12H2,1H3,(H,24,26). The lowest BCUT2D eigenvalue weighted by Gasteiger charge is -2.38. The maximum Gasteiger partial charge on any atom is 0.274 e. The molecule has 3 aliphatic rings. The van der Waals surface area contributed by atoms with Crippen LogP contribution in [0.15, 0.2) is 12.1 Å². The quantitative estimate of drug-likeness (QED) is 0.547. The lowest BCUT2D eigenvalue weighted by Crippen LogP contribution is -2.42. The minimum absolute atomic E-state index is 0.176. The fourth-order valence-electron chi connectivity index (χ4n) is 5.04. The predicted octanol–water partition coefficient (Wildman–Crippen LogP) is 2.86. The minimum atomic E-state index is -0.663. The van der Waals surface area contributed by atoms with Crippen molar-refractivity contribution in [3.05, 3.63) is 34.6 Å². The number of halogens is 1. The summed E-state index contributed by atoms with van der Waals surface area (Å²) < 4.78 is 14.4. The van der Waals surface area contributed by atoms with Crippen molar-refractivity contribution in [2.24, 2.45) is 11.8 Å².